The molecule has 0 amide bonds. The zero-order valence-corrected chi connectivity index (χ0v) is 16.2. The number of pyridine rings is 1. The number of rotatable bonds is 5. The van der Waals surface area contributed by atoms with Crippen LogP contribution in [0.2, 0.25) is 0 Å². The normalized spacial score (nSPS) is 16.1. The van der Waals surface area contributed by atoms with Crippen LogP contribution in [0.5, 0.6) is 5.75 Å². The highest BCUT2D eigenvalue weighted by atomic mass is 19.4. The Balaban J connectivity index is 2.25. The number of aryl methyl sites for hydroxylation is 1. The first-order valence-electron chi connectivity index (χ1n) is 9.35. The number of allylic oxidation sites excluding steroid dienone is 1. The molecule has 158 valence electrons. The van der Waals surface area contributed by atoms with E-state index in [0.717, 1.165) is 18.6 Å². The summed E-state index contributed by atoms with van der Waals surface area (Å²) in [5, 5.41) is 19.0. The highest BCUT2D eigenvalue weighted by molar-refractivity contribution is 5.55. The van der Waals surface area contributed by atoms with Crippen molar-refractivity contribution in [1.29, 1.82) is 5.26 Å². The number of nitrogens with zero attached hydrogens (tertiary/aromatic N) is 2. The Hall–Kier alpha value is -3.25. The van der Waals surface area contributed by atoms with E-state index in [-0.39, 0.29) is 35.9 Å². The number of aliphatic hydroxyl groups excluding tert-OH is 1. The van der Waals surface area contributed by atoms with Crippen LogP contribution in [-0.4, -0.2) is 16.3 Å². The lowest BCUT2D eigenvalue weighted by molar-refractivity contribution is -0.137. The fourth-order valence-corrected chi connectivity index (χ4v) is 3.62. The van der Waals surface area contributed by atoms with Gasteiger partial charge in [-0.3, -0.25) is 4.79 Å². The van der Waals surface area contributed by atoms with Gasteiger partial charge in [-0.1, -0.05) is 25.5 Å². The molecule has 0 bridgehead atoms. The molecular weight excluding hydrogens is 399 g/mol. The highest BCUT2D eigenvalue weighted by Crippen LogP contribution is 2.41. The van der Waals surface area contributed by atoms with Gasteiger partial charge in [0.2, 0.25) is 5.88 Å². The smallest absolute Gasteiger partial charge is 0.416 e. The van der Waals surface area contributed by atoms with E-state index in [9.17, 15) is 28.3 Å². The van der Waals surface area contributed by atoms with Crippen LogP contribution in [-0.2, 0) is 19.1 Å². The van der Waals surface area contributed by atoms with Gasteiger partial charge >= 0.3 is 6.18 Å². The van der Waals surface area contributed by atoms with Gasteiger partial charge in [-0.2, -0.15) is 18.4 Å². The van der Waals surface area contributed by atoms with Crippen molar-refractivity contribution in [3.05, 3.63) is 74.5 Å². The van der Waals surface area contributed by atoms with Gasteiger partial charge in [0.1, 0.15) is 17.4 Å². The molecule has 0 fully saturated rings. The van der Waals surface area contributed by atoms with Crippen LogP contribution in [0.4, 0.5) is 13.2 Å². The number of ether oxygens (including phenoxy) is 1. The van der Waals surface area contributed by atoms with Crippen molar-refractivity contribution >= 4 is 0 Å². The van der Waals surface area contributed by atoms with E-state index in [2.05, 4.69) is 0 Å². The Kier molecular flexibility index (Phi) is 5.89. The van der Waals surface area contributed by atoms with Crippen molar-refractivity contribution in [2.75, 3.05) is 6.61 Å². The third kappa shape index (κ3) is 3.78. The molecule has 2 heterocycles. The van der Waals surface area contributed by atoms with Crippen molar-refractivity contribution < 1.29 is 23.0 Å². The lowest BCUT2D eigenvalue weighted by Crippen LogP contribution is -2.34. The van der Waals surface area contributed by atoms with Crippen LogP contribution >= 0.6 is 0 Å². The monoisotopic (exact) mass is 419 g/mol. The van der Waals surface area contributed by atoms with Gasteiger partial charge in [0.05, 0.1) is 23.7 Å². The second-order valence-electron chi connectivity index (χ2n) is 6.89. The maximum atomic E-state index is 13.3. The van der Waals surface area contributed by atoms with Gasteiger partial charge in [0.25, 0.3) is 5.56 Å². The van der Waals surface area contributed by atoms with Crippen molar-refractivity contribution in [2.45, 2.75) is 38.4 Å². The van der Waals surface area contributed by atoms with E-state index < -0.39 is 23.2 Å². The number of hydrogen-bond acceptors (Lipinski definition) is 5. The summed E-state index contributed by atoms with van der Waals surface area (Å²) in [5.41, 5.74) is 5.58. The van der Waals surface area contributed by atoms with E-state index in [1.54, 1.807) is 6.07 Å². The zero-order valence-electron chi connectivity index (χ0n) is 16.2. The van der Waals surface area contributed by atoms with Crippen molar-refractivity contribution in [2.24, 2.45) is 5.73 Å². The Bertz CT molecular complexity index is 1080. The molecule has 3 N–H and O–H groups in total. The molecular formula is C21H20F3N3O3. The van der Waals surface area contributed by atoms with Gasteiger partial charge in [0.15, 0.2) is 0 Å². The van der Waals surface area contributed by atoms with Gasteiger partial charge < -0.3 is 20.1 Å². The Morgan fingerprint density at radius 3 is 2.50 bits per heavy atom. The van der Waals surface area contributed by atoms with Crippen LogP contribution in [0.25, 0.3) is 0 Å². The molecule has 0 saturated carbocycles. The third-order valence-corrected chi connectivity index (χ3v) is 4.97. The average Bonchev–Trinajstić information content (AvgIpc) is 2.69. The summed E-state index contributed by atoms with van der Waals surface area (Å²) in [6, 6.07) is 7.79. The minimum atomic E-state index is -4.51. The third-order valence-electron chi connectivity index (χ3n) is 4.97. The number of hydrogen-bond donors (Lipinski definition) is 2. The predicted molar refractivity (Wildman–Crippen MR) is 103 cm³/mol. The second kappa shape index (κ2) is 8.24. The highest BCUT2D eigenvalue weighted by Gasteiger charge is 2.36. The van der Waals surface area contributed by atoms with Crippen LogP contribution < -0.4 is 16.0 Å². The number of nitriles is 1. The first-order chi connectivity index (χ1) is 14.2. The lowest BCUT2D eigenvalue weighted by atomic mass is 9.83. The molecule has 0 saturated heterocycles. The number of aromatic nitrogens is 1. The average molecular weight is 419 g/mol. The van der Waals surface area contributed by atoms with Crippen LogP contribution in [0.1, 0.15) is 41.6 Å². The Labute approximate surface area is 170 Å². The molecule has 1 aromatic heterocycles. The van der Waals surface area contributed by atoms with Crippen molar-refractivity contribution in [1.82, 2.24) is 4.57 Å². The summed E-state index contributed by atoms with van der Waals surface area (Å²) in [4.78, 5) is 13.3. The molecule has 1 aliphatic rings. The molecule has 0 aliphatic carbocycles. The first kappa shape index (κ1) is 21.5. The standard InChI is InChI=1S/C21H20F3N3O3/c1-2-3-14-10-16-18(20(29)27(14)8-9-28)17(15(11-25)19(26)30-16)12-4-6-13(7-5-12)21(22,23)24/h4-7,10,17,28H,2-3,8-9,26H2,1H3. The first-order valence-corrected chi connectivity index (χ1v) is 9.35. The van der Waals surface area contributed by atoms with Gasteiger partial charge in [-0.25, -0.2) is 0 Å². The van der Waals surface area contributed by atoms with Gasteiger partial charge in [0, 0.05) is 18.3 Å². The van der Waals surface area contributed by atoms with E-state index in [1.807, 2.05) is 13.0 Å². The lowest BCUT2D eigenvalue weighted by Gasteiger charge is -2.28. The summed E-state index contributed by atoms with van der Waals surface area (Å²) in [6.07, 6.45) is -3.23. The summed E-state index contributed by atoms with van der Waals surface area (Å²) in [5.74, 6) is -1.01. The van der Waals surface area contributed by atoms with Gasteiger partial charge in [-0.05, 0) is 24.1 Å². The number of aliphatic hydroxyl groups is 1. The molecule has 0 radical (unpaired) electrons. The van der Waals surface area contributed by atoms with E-state index >= 15 is 0 Å². The maximum Gasteiger partial charge on any atom is 0.416 e. The molecule has 30 heavy (non-hydrogen) atoms. The van der Waals surface area contributed by atoms with E-state index in [0.29, 0.717) is 17.7 Å². The quantitative estimate of drug-likeness (QED) is 0.776. The summed E-state index contributed by atoms with van der Waals surface area (Å²) in [7, 11) is 0. The second-order valence-corrected chi connectivity index (χ2v) is 6.89. The van der Waals surface area contributed by atoms with E-state index in [1.165, 1.54) is 16.7 Å². The minimum Gasteiger partial charge on any atom is -0.440 e. The van der Waals surface area contributed by atoms with Gasteiger partial charge in [-0.15, -0.1) is 0 Å². The summed E-state index contributed by atoms with van der Waals surface area (Å²) >= 11 is 0. The molecule has 2 aromatic rings. The van der Waals surface area contributed by atoms with Crippen LogP contribution in [0, 0.1) is 11.3 Å². The van der Waals surface area contributed by atoms with Crippen molar-refractivity contribution in [3.8, 4) is 11.8 Å². The van der Waals surface area contributed by atoms with Crippen molar-refractivity contribution in [3.63, 3.8) is 0 Å². The predicted octanol–water partition coefficient (Wildman–Crippen LogP) is 3.03. The molecule has 9 heteroatoms. The molecule has 3 rings (SSSR count). The molecule has 1 unspecified atom stereocenters. The number of benzene rings is 1. The number of alkyl halides is 3. The number of halogens is 3. The van der Waals surface area contributed by atoms with Crippen LogP contribution in [0.3, 0.4) is 0 Å². The Morgan fingerprint density at radius 2 is 1.97 bits per heavy atom. The van der Waals surface area contributed by atoms with E-state index in [4.69, 9.17) is 10.5 Å². The fourth-order valence-electron chi connectivity index (χ4n) is 3.62. The molecule has 6 nitrogen and oxygen atoms in total. The summed E-state index contributed by atoms with van der Waals surface area (Å²) in [6.45, 7) is 1.70. The summed E-state index contributed by atoms with van der Waals surface area (Å²) < 4.78 is 45.8. The SMILES string of the molecule is CCCc1cc2c(c(=O)n1CCO)C(c1ccc(C(F)(F)F)cc1)C(C#N)=C(N)O2. The largest absolute Gasteiger partial charge is 0.440 e. The minimum absolute atomic E-state index is 0.0439. The fraction of sp³-hybridized carbons (Fsp3) is 0.333. The van der Waals surface area contributed by atoms with Crippen LogP contribution in [0.15, 0.2) is 46.6 Å². The number of nitrogens with two attached hydrogens (primary N) is 1. The molecule has 1 atom stereocenters. The zero-order chi connectivity index (χ0) is 22.1. The maximum absolute atomic E-state index is 13.3. The molecule has 1 aromatic carbocycles. The molecule has 1 aliphatic heterocycles. The number of fused-ring (bicyclic) bond motifs is 1. The Morgan fingerprint density at radius 1 is 1.30 bits per heavy atom. The molecule has 0 spiro atoms. The topological polar surface area (TPSA) is 101 Å².